The first-order valence-corrected chi connectivity index (χ1v) is 11.5. The molecule has 4 rings (SSSR count). The minimum absolute atomic E-state index is 0.0490. The van der Waals surface area contributed by atoms with Gasteiger partial charge in [-0.3, -0.25) is 4.79 Å². The van der Waals surface area contributed by atoms with Crippen LogP contribution in [0.4, 0.5) is 5.69 Å². The Labute approximate surface area is 181 Å². The molecule has 0 aliphatic carbocycles. The van der Waals surface area contributed by atoms with Crippen molar-refractivity contribution in [3.63, 3.8) is 0 Å². The van der Waals surface area contributed by atoms with Gasteiger partial charge in [-0.2, -0.15) is 9.29 Å². The van der Waals surface area contributed by atoms with E-state index in [4.69, 9.17) is 4.52 Å². The fourth-order valence-electron chi connectivity index (χ4n) is 3.70. The number of aromatic nitrogens is 2. The summed E-state index contributed by atoms with van der Waals surface area (Å²) in [6.45, 7) is 4.37. The van der Waals surface area contributed by atoms with E-state index in [1.165, 1.54) is 17.4 Å². The van der Waals surface area contributed by atoms with Gasteiger partial charge in [-0.25, -0.2) is 8.42 Å². The van der Waals surface area contributed by atoms with E-state index in [2.05, 4.69) is 10.1 Å². The molecular formula is C22H24N4O4S. The van der Waals surface area contributed by atoms with Crippen LogP contribution in [0.15, 0.2) is 51.9 Å². The molecule has 162 valence electrons. The Morgan fingerprint density at radius 3 is 2.58 bits per heavy atom. The van der Waals surface area contributed by atoms with E-state index in [1.54, 1.807) is 17.0 Å². The summed E-state index contributed by atoms with van der Waals surface area (Å²) in [5.41, 5.74) is 3.33. The lowest BCUT2D eigenvalue weighted by molar-refractivity contribution is -0.117. The van der Waals surface area contributed by atoms with Crippen LogP contribution < -0.4 is 4.90 Å². The summed E-state index contributed by atoms with van der Waals surface area (Å²) in [6, 6.07) is 12.5. The van der Waals surface area contributed by atoms with Gasteiger partial charge in [0.15, 0.2) is 0 Å². The van der Waals surface area contributed by atoms with Crippen LogP contribution in [0.3, 0.4) is 0 Å². The minimum atomic E-state index is -3.77. The van der Waals surface area contributed by atoms with E-state index in [-0.39, 0.29) is 23.2 Å². The van der Waals surface area contributed by atoms with Crippen molar-refractivity contribution in [2.75, 3.05) is 18.5 Å². The molecule has 31 heavy (non-hydrogen) atoms. The van der Waals surface area contributed by atoms with Crippen molar-refractivity contribution in [1.82, 2.24) is 14.4 Å². The summed E-state index contributed by atoms with van der Waals surface area (Å²) < 4.78 is 32.6. The van der Waals surface area contributed by atoms with Crippen molar-refractivity contribution in [1.29, 1.82) is 0 Å². The highest BCUT2D eigenvalue weighted by molar-refractivity contribution is 7.89. The Morgan fingerprint density at radius 1 is 1.13 bits per heavy atom. The normalized spacial score (nSPS) is 14.6. The number of carbonyl (C=O) groups excluding carboxylic acids is 1. The quantitative estimate of drug-likeness (QED) is 0.583. The van der Waals surface area contributed by atoms with E-state index >= 15 is 0 Å². The lowest BCUT2D eigenvalue weighted by atomic mass is 10.1. The predicted octanol–water partition coefficient (Wildman–Crippen LogP) is 3.30. The number of anilines is 1. The van der Waals surface area contributed by atoms with E-state index < -0.39 is 10.0 Å². The third-order valence-corrected chi connectivity index (χ3v) is 7.25. The summed E-state index contributed by atoms with van der Waals surface area (Å²) in [7, 11) is -2.30. The van der Waals surface area contributed by atoms with Crippen LogP contribution in [0, 0.1) is 13.8 Å². The minimum Gasteiger partial charge on any atom is -0.338 e. The molecule has 1 aliphatic rings. The first-order chi connectivity index (χ1) is 14.8. The number of benzene rings is 2. The van der Waals surface area contributed by atoms with Crippen LogP contribution in [0.1, 0.15) is 29.9 Å². The second kappa shape index (κ2) is 8.24. The number of carbonyl (C=O) groups is 1. The summed E-state index contributed by atoms with van der Waals surface area (Å²) >= 11 is 0. The van der Waals surface area contributed by atoms with Gasteiger partial charge < -0.3 is 9.42 Å². The maximum Gasteiger partial charge on any atom is 0.243 e. The molecule has 0 atom stereocenters. The summed E-state index contributed by atoms with van der Waals surface area (Å²) in [5, 5.41) is 3.99. The highest BCUT2D eigenvalue weighted by Crippen LogP contribution is 2.28. The van der Waals surface area contributed by atoms with Crippen LogP contribution in [0.2, 0.25) is 0 Å². The number of nitrogens with zero attached hydrogens (tertiary/aromatic N) is 4. The van der Waals surface area contributed by atoms with Crippen molar-refractivity contribution in [3.8, 4) is 11.4 Å². The standard InChI is InChI=1S/C22H24N4O4S/c1-15-7-4-5-8-18(15)22-23-20(30-24-22)14-25(3)31(28,29)17-10-11-19(16(2)13-17)26-12-6-9-21(26)27/h4-5,7-8,10-11,13H,6,9,12,14H2,1-3H3. The predicted molar refractivity (Wildman–Crippen MR) is 116 cm³/mol. The van der Waals surface area contributed by atoms with Gasteiger partial charge in [-0.1, -0.05) is 29.4 Å². The van der Waals surface area contributed by atoms with Crippen molar-refractivity contribution in [2.24, 2.45) is 0 Å². The average molecular weight is 441 g/mol. The van der Waals surface area contributed by atoms with Gasteiger partial charge in [0, 0.05) is 31.3 Å². The van der Waals surface area contributed by atoms with Crippen LogP contribution in [-0.2, 0) is 21.4 Å². The van der Waals surface area contributed by atoms with E-state index in [0.29, 0.717) is 18.8 Å². The molecule has 0 N–H and O–H groups in total. The largest absolute Gasteiger partial charge is 0.338 e. The first-order valence-electron chi connectivity index (χ1n) is 10.0. The summed E-state index contributed by atoms with van der Waals surface area (Å²) in [5.74, 6) is 0.700. The monoisotopic (exact) mass is 440 g/mol. The van der Waals surface area contributed by atoms with Gasteiger partial charge in [0.25, 0.3) is 0 Å². The molecule has 0 saturated carbocycles. The molecule has 0 spiro atoms. The Morgan fingerprint density at radius 2 is 1.90 bits per heavy atom. The highest BCUT2D eigenvalue weighted by Gasteiger charge is 2.27. The number of amides is 1. The van der Waals surface area contributed by atoms with Gasteiger partial charge in [0.2, 0.25) is 27.6 Å². The molecule has 8 nitrogen and oxygen atoms in total. The molecule has 2 heterocycles. The fourth-order valence-corrected chi connectivity index (χ4v) is 4.91. The molecule has 3 aromatic rings. The van der Waals surface area contributed by atoms with Gasteiger partial charge in [-0.05, 0) is 49.6 Å². The Balaban J connectivity index is 1.53. The maximum absolute atomic E-state index is 13.1. The zero-order chi connectivity index (χ0) is 22.2. The van der Waals surface area contributed by atoms with E-state index in [0.717, 1.165) is 28.8 Å². The average Bonchev–Trinajstić information content (AvgIpc) is 3.37. The van der Waals surface area contributed by atoms with Crippen LogP contribution in [0.5, 0.6) is 0 Å². The van der Waals surface area contributed by atoms with Gasteiger partial charge in [0.1, 0.15) is 0 Å². The highest BCUT2D eigenvalue weighted by atomic mass is 32.2. The molecule has 9 heteroatoms. The fraction of sp³-hybridized carbons (Fsp3) is 0.318. The van der Waals surface area contributed by atoms with Crippen LogP contribution >= 0.6 is 0 Å². The number of hydrogen-bond acceptors (Lipinski definition) is 6. The Bertz CT molecular complexity index is 1240. The molecule has 1 fully saturated rings. The zero-order valence-corrected chi connectivity index (χ0v) is 18.5. The van der Waals surface area contributed by atoms with Gasteiger partial charge in [-0.15, -0.1) is 0 Å². The number of aryl methyl sites for hydroxylation is 2. The molecule has 2 aromatic carbocycles. The first kappa shape index (κ1) is 21.2. The lowest BCUT2D eigenvalue weighted by Crippen LogP contribution is -2.27. The molecule has 1 aromatic heterocycles. The van der Waals surface area contributed by atoms with Crippen molar-refractivity contribution in [3.05, 3.63) is 59.5 Å². The zero-order valence-electron chi connectivity index (χ0n) is 17.7. The Hall–Kier alpha value is -3.04. The molecule has 1 saturated heterocycles. The number of rotatable bonds is 6. The molecule has 0 radical (unpaired) electrons. The number of hydrogen-bond donors (Lipinski definition) is 0. The smallest absolute Gasteiger partial charge is 0.243 e. The second-order valence-electron chi connectivity index (χ2n) is 7.68. The molecule has 0 bridgehead atoms. The molecule has 1 amide bonds. The third-order valence-electron chi connectivity index (χ3n) is 5.45. The SMILES string of the molecule is Cc1ccccc1-c1noc(CN(C)S(=O)(=O)c2ccc(N3CCCC3=O)c(C)c2)n1. The lowest BCUT2D eigenvalue weighted by Gasteiger charge is -2.20. The second-order valence-corrected chi connectivity index (χ2v) is 9.73. The van der Waals surface area contributed by atoms with Crippen molar-refractivity contribution < 1.29 is 17.7 Å². The van der Waals surface area contributed by atoms with Gasteiger partial charge >= 0.3 is 0 Å². The van der Waals surface area contributed by atoms with Crippen molar-refractivity contribution in [2.45, 2.75) is 38.1 Å². The molecule has 1 aliphatic heterocycles. The topological polar surface area (TPSA) is 96.6 Å². The van der Waals surface area contributed by atoms with Gasteiger partial charge in [0.05, 0.1) is 11.4 Å². The summed E-state index contributed by atoms with van der Waals surface area (Å²) in [6.07, 6.45) is 1.34. The molecular weight excluding hydrogens is 416 g/mol. The van der Waals surface area contributed by atoms with Crippen molar-refractivity contribution >= 4 is 21.6 Å². The maximum atomic E-state index is 13.1. The third kappa shape index (κ3) is 4.11. The van der Waals surface area contributed by atoms with Crippen LogP contribution in [0.25, 0.3) is 11.4 Å². The Kier molecular flexibility index (Phi) is 5.63. The molecule has 0 unspecified atom stereocenters. The van der Waals surface area contributed by atoms with E-state index in [9.17, 15) is 13.2 Å². The summed E-state index contributed by atoms with van der Waals surface area (Å²) in [4.78, 5) is 18.2. The van der Waals surface area contributed by atoms with Crippen LogP contribution in [-0.4, -0.2) is 42.4 Å². The van der Waals surface area contributed by atoms with E-state index in [1.807, 2.05) is 38.1 Å². The number of sulfonamides is 1.